The molecule has 2 saturated heterocycles. The summed E-state index contributed by atoms with van der Waals surface area (Å²) in [5.41, 5.74) is 0. The molecule has 0 amide bonds. The maximum absolute atomic E-state index is 5.20. The molecule has 4 heteroatoms. The van der Waals surface area contributed by atoms with Crippen molar-refractivity contribution in [3.8, 4) is 0 Å². The molecule has 0 aliphatic carbocycles. The third-order valence-electron chi connectivity index (χ3n) is 2.11. The van der Waals surface area contributed by atoms with Gasteiger partial charge in [0.2, 0.25) is 0 Å². The lowest BCUT2D eigenvalue weighted by molar-refractivity contribution is 0.150. The highest BCUT2D eigenvalue weighted by Crippen LogP contribution is 2.13. The Morgan fingerprint density at radius 1 is 1.36 bits per heavy atom. The number of hydrogen-bond donors (Lipinski definition) is 0. The zero-order valence-corrected chi connectivity index (χ0v) is 7.35. The fourth-order valence-electron chi connectivity index (χ4n) is 1.45. The molecule has 0 N–H and O–H groups in total. The highest BCUT2D eigenvalue weighted by Gasteiger charge is 2.24. The van der Waals surface area contributed by atoms with Crippen molar-refractivity contribution < 1.29 is 4.74 Å². The first-order chi connectivity index (χ1) is 5.47. The molecule has 0 saturated carbocycles. The van der Waals surface area contributed by atoms with Gasteiger partial charge in [0.1, 0.15) is 12.9 Å². The molecule has 2 aliphatic heterocycles. The summed E-state index contributed by atoms with van der Waals surface area (Å²) in [4.78, 5) is 2.42. The lowest BCUT2D eigenvalue weighted by Gasteiger charge is -2.29. The summed E-state index contributed by atoms with van der Waals surface area (Å²) in [6.07, 6.45) is 0.371. The fourth-order valence-corrected chi connectivity index (χ4v) is 2.38. The van der Waals surface area contributed by atoms with Gasteiger partial charge in [0, 0.05) is 24.6 Å². The van der Waals surface area contributed by atoms with E-state index in [2.05, 4.69) is 10.2 Å². The van der Waals surface area contributed by atoms with Gasteiger partial charge < -0.3 is 4.74 Å². The van der Waals surface area contributed by atoms with Gasteiger partial charge in [-0.3, -0.25) is 4.90 Å². The summed E-state index contributed by atoms with van der Waals surface area (Å²) in [6, 6.07) is 0. The smallest absolute Gasteiger partial charge is 0.114 e. The van der Waals surface area contributed by atoms with Gasteiger partial charge >= 0.3 is 0 Å². The van der Waals surface area contributed by atoms with Gasteiger partial charge in [-0.25, -0.2) is 0 Å². The normalized spacial score (nSPS) is 34.4. The van der Waals surface area contributed by atoms with Gasteiger partial charge in [-0.2, -0.15) is 17.1 Å². The first-order valence-corrected chi connectivity index (χ1v) is 5.18. The second-order valence-electron chi connectivity index (χ2n) is 2.81. The highest BCUT2D eigenvalue weighted by atomic mass is 32.2. The Hall–Kier alpha value is 0.230. The van der Waals surface area contributed by atoms with E-state index in [9.17, 15) is 0 Å². The summed E-state index contributed by atoms with van der Waals surface area (Å²) in [5, 5.41) is 4.35. The van der Waals surface area contributed by atoms with E-state index in [4.69, 9.17) is 4.74 Å². The summed E-state index contributed by atoms with van der Waals surface area (Å²) < 4.78 is 5.20. The molecule has 1 unspecified atom stereocenters. The molecule has 2 fully saturated rings. The molecule has 0 spiro atoms. The van der Waals surface area contributed by atoms with Gasteiger partial charge in [0.25, 0.3) is 0 Å². The molecule has 0 bridgehead atoms. The van der Waals surface area contributed by atoms with Crippen LogP contribution < -0.4 is 5.32 Å². The molecule has 0 aromatic heterocycles. The Labute approximate surface area is 71.5 Å². The number of rotatable bonds is 1. The first-order valence-electron chi connectivity index (χ1n) is 4.03. The summed E-state index contributed by atoms with van der Waals surface area (Å²) in [7, 11) is 0. The number of hydrogen-bond acceptors (Lipinski definition) is 3. The number of ether oxygens (including phenoxy) is 1. The predicted molar refractivity (Wildman–Crippen MR) is 45.6 cm³/mol. The van der Waals surface area contributed by atoms with Crippen molar-refractivity contribution >= 4 is 11.8 Å². The molecule has 1 atom stereocenters. The second-order valence-corrected chi connectivity index (χ2v) is 4.04. The molecule has 11 heavy (non-hydrogen) atoms. The van der Waals surface area contributed by atoms with E-state index in [1.807, 2.05) is 11.8 Å². The highest BCUT2D eigenvalue weighted by molar-refractivity contribution is 7.99. The van der Waals surface area contributed by atoms with Crippen LogP contribution in [0.15, 0.2) is 0 Å². The zero-order chi connectivity index (χ0) is 7.52. The average molecular weight is 173 g/mol. The Morgan fingerprint density at radius 2 is 2.18 bits per heavy atom. The lowest BCUT2D eigenvalue weighted by Crippen LogP contribution is -2.45. The maximum Gasteiger partial charge on any atom is 0.114 e. The maximum atomic E-state index is 5.20. The summed E-state index contributed by atoms with van der Waals surface area (Å²) in [5.74, 6) is 2.51. The number of nitrogens with zero attached hydrogens (tertiary/aromatic N) is 2. The fraction of sp³-hybridized carbons (Fsp3) is 1.00. The van der Waals surface area contributed by atoms with E-state index >= 15 is 0 Å². The van der Waals surface area contributed by atoms with Crippen LogP contribution in [0.3, 0.4) is 0 Å². The van der Waals surface area contributed by atoms with Crippen LogP contribution in [0.5, 0.6) is 0 Å². The second kappa shape index (κ2) is 3.76. The van der Waals surface area contributed by atoms with Gasteiger partial charge in [-0.05, 0) is 0 Å². The van der Waals surface area contributed by atoms with Crippen LogP contribution in [0.4, 0.5) is 0 Å². The van der Waals surface area contributed by atoms with E-state index in [0.29, 0.717) is 12.9 Å². The van der Waals surface area contributed by atoms with Crippen LogP contribution >= 0.6 is 11.8 Å². The molecular weight excluding hydrogens is 160 g/mol. The Bertz CT molecular complexity index is 122. The molecule has 0 aromatic carbocycles. The minimum atomic E-state index is 0.371. The predicted octanol–water partition coefficient (Wildman–Crippen LogP) is -0.0466. The van der Waals surface area contributed by atoms with Crippen LogP contribution in [0.2, 0.25) is 0 Å². The van der Waals surface area contributed by atoms with Crippen molar-refractivity contribution in [2.75, 3.05) is 37.9 Å². The Balaban J connectivity index is 1.82. The molecule has 1 radical (unpaired) electrons. The topological polar surface area (TPSA) is 26.6 Å². The molecule has 2 aliphatic rings. The van der Waals surface area contributed by atoms with Gasteiger partial charge in [-0.1, -0.05) is 0 Å². The van der Waals surface area contributed by atoms with Crippen molar-refractivity contribution in [2.24, 2.45) is 0 Å². The van der Waals surface area contributed by atoms with E-state index < -0.39 is 0 Å². The zero-order valence-electron chi connectivity index (χ0n) is 6.53. The third-order valence-corrected chi connectivity index (χ3v) is 3.05. The lowest BCUT2D eigenvalue weighted by atomic mass is 10.4. The molecular formula is C7H13N2OS. The quantitative estimate of drug-likeness (QED) is 0.556. The van der Waals surface area contributed by atoms with Crippen molar-refractivity contribution in [3.63, 3.8) is 0 Å². The SMILES string of the molecule is C1[N]C(N2CCSCC2)CO1. The van der Waals surface area contributed by atoms with Crippen molar-refractivity contribution in [1.82, 2.24) is 10.2 Å². The minimum Gasteiger partial charge on any atom is -0.362 e. The third kappa shape index (κ3) is 1.87. The molecule has 63 valence electrons. The summed E-state index contributed by atoms with van der Waals surface area (Å²) in [6.45, 7) is 3.78. The molecule has 2 rings (SSSR count). The number of thioether (sulfide) groups is 1. The average Bonchev–Trinajstić information content (AvgIpc) is 2.58. The van der Waals surface area contributed by atoms with E-state index in [-0.39, 0.29) is 0 Å². The van der Waals surface area contributed by atoms with Crippen molar-refractivity contribution in [2.45, 2.75) is 6.17 Å². The molecule has 0 aromatic rings. The van der Waals surface area contributed by atoms with Crippen LogP contribution in [-0.4, -0.2) is 49.0 Å². The van der Waals surface area contributed by atoms with Crippen LogP contribution in [-0.2, 0) is 4.74 Å². The molecule has 2 heterocycles. The van der Waals surface area contributed by atoms with Crippen LogP contribution in [0, 0.1) is 0 Å². The largest absolute Gasteiger partial charge is 0.362 e. The monoisotopic (exact) mass is 173 g/mol. The van der Waals surface area contributed by atoms with Gasteiger partial charge in [0.15, 0.2) is 0 Å². The van der Waals surface area contributed by atoms with Crippen LogP contribution in [0.1, 0.15) is 0 Å². The van der Waals surface area contributed by atoms with E-state index in [1.54, 1.807) is 0 Å². The van der Waals surface area contributed by atoms with Gasteiger partial charge in [0.05, 0.1) is 6.61 Å². The first kappa shape index (κ1) is 7.86. The van der Waals surface area contributed by atoms with E-state index in [0.717, 1.165) is 6.61 Å². The van der Waals surface area contributed by atoms with E-state index in [1.165, 1.54) is 24.6 Å². The summed E-state index contributed by atoms with van der Waals surface area (Å²) >= 11 is 2.03. The van der Waals surface area contributed by atoms with Crippen molar-refractivity contribution in [1.29, 1.82) is 0 Å². The molecule has 3 nitrogen and oxygen atoms in total. The Morgan fingerprint density at radius 3 is 2.82 bits per heavy atom. The standard InChI is InChI=1S/C7H13N2OS/c1-3-11-4-2-9(1)7-5-10-6-8-7/h7H,1-6H2. The Kier molecular flexibility index (Phi) is 2.68. The van der Waals surface area contributed by atoms with Crippen LogP contribution in [0.25, 0.3) is 0 Å². The van der Waals surface area contributed by atoms with Gasteiger partial charge in [-0.15, -0.1) is 0 Å². The minimum absolute atomic E-state index is 0.371. The van der Waals surface area contributed by atoms with Crippen molar-refractivity contribution in [3.05, 3.63) is 0 Å².